The van der Waals surface area contributed by atoms with Crippen molar-refractivity contribution in [1.29, 1.82) is 0 Å². The van der Waals surface area contributed by atoms with E-state index in [1.165, 1.54) is 24.3 Å². The van der Waals surface area contributed by atoms with Gasteiger partial charge < -0.3 is 11.1 Å². The Labute approximate surface area is 147 Å². The van der Waals surface area contributed by atoms with E-state index in [1.54, 1.807) is 6.92 Å². The summed E-state index contributed by atoms with van der Waals surface area (Å²) in [6.07, 6.45) is 0.504. The lowest BCUT2D eigenvalue weighted by Gasteiger charge is -2.14. The fourth-order valence-corrected chi connectivity index (χ4v) is 2.45. The highest BCUT2D eigenvalue weighted by atomic mass is 19.1. The van der Waals surface area contributed by atoms with Crippen molar-refractivity contribution >= 4 is 17.5 Å². The number of nitrogens with two attached hydrogens (primary N) is 1. The van der Waals surface area contributed by atoms with Gasteiger partial charge in [0.15, 0.2) is 0 Å². The summed E-state index contributed by atoms with van der Waals surface area (Å²) in [6.45, 7) is 1.56. The van der Waals surface area contributed by atoms with Crippen molar-refractivity contribution in [3.63, 3.8) is 0 Å². The zero-order chi connectivity index (χ0) is 19.3. The predicted octanol–water partition coefficient (Wildman–Crippen LogP) is 1.09. The van der Waals surface area contributed by atoms with Gasteiger partial charge in [0, 0.05) is 6.54 Å². The minimum atomic E-state index is -0.780. The van der Waals surface area contributed by atoms with Crippen LogP contribution in [0.5, 0.6) is 0 Å². The summed E-state index contributed by atoms with van der Waals surface area (Å²) in [7, 11) is 0. The number of carbonyl (C=O) groups is 2. The van der Waals surface area contributed by atoms with Crippen molar-refractivity contribution in [3.8, 4) is 0 Å². The number of H-pyrrole nitrogens is 1. The molecule has 9 nitrogen and oxygen atoms in total. The Kier molecular flexibility index (Phi) is 5.99. The molecule has 0 radical (unpaired) electrons. The van der Waals surface area contributed by atoms with E-state index in [-0.39, 0.29) is 30.0 Å². The summed E-state index contributed by atoms with van der Waals surface area (Å²) in [5, 5.41) is 19.7. The number of aryl methyl sites for hydroxylation is 1. The van der Waals surface area contributed by atoms with Gasteiger partial charge in [0.1, 0.15) is 11.5 Å². The Morgan fingerprint density at radius 3 is 2.58 bits per heavy atom. The number of amides is 2. The number of aromatic amines is 1. The van der Waals surface area contributed by atoms with Crippen LogP contribution >= 0.6 is 0 Å². The van der Waals surface area contributed by atoms with E-state index < -0.39 is 28.5 Å². The second-order valence-electron chi connectivity index (χ2n) is 5.65. The van der Waals surface area contributed by atoms with Gasteiger partial charge >= 0.3 is 5.69 Å². The minimum Gasteiger partial charge on any atom is -0.369 e. The SMILES string of the molecule is CCc1[nH]nc(C(=O)NCC(Cc2ccc(F)cc2)C(N)=O)c1[N+](=O)[O-]. The molecular weight excluding hydrogens is 345 g/mol. The van der Waals surface area contributed by atoms with Crippen molar-refractivity contribution < 1.29 is 18.9 Å². The van der Waals surface area contributed by atoms with Crippen molar-refractivity contribution in [3.05, 3.63) is 57.1 Å². The van der Waals surface area contributed by atoms with Crippen LogP contribution in [0.4, 0.5) is 10.1 Å². The van der Waals surface area contributed by atoms with E-state index >= 15 is 0 Å². The molecule has 0 spiro atoms. The summed E-state index contributed by atoms with van der Waals surface area (Å²) >= 11 is 0. The van der Waals surface area contributed by atoms with Gasteiger partial charge in [0.2, 0.25) is 11.6 Å². The Bertz CT molecular complexity index is 819. The molecule has 0 aliphatic heterocycles. The van der Waals surface area contributed by atoms with E-state index in [1.807, 2.05) is 0 Å². The zero-order valence-electron chi connectivity index (χ0n) is 14.0. The van der Waals surface area contributed by atoms with Crippen LogP contribution in [0.3, 0.4) is 0 Å². The van der Waals surface area contributed by atoms with Crippen LogP contribution in [0.25, 0.3) is 0 Å². The lowest BCUT2D eigenvalue weighted by Crippen LogP contribution is -2.37. The number of carbonyl (C=O) groups excluding carboxylic acids is 2. The maximum atomic E-state index is 12.9. The summed E-state index contributed by atoms with van der Waals surface area (Å²) in [5.74, 6) is -2.60. The van der Waals surface area contributed by atoms with E-state index in [4.69, 9.17) is 5.73 Å². The summed E-state index contributed by atoms with van der Waals surface area (Å²) in [5.41, 5.74) is 5.51. The fraction of sp³-hybridized carbons (Fsp3) is 0.312. The second kappa shape index (κ2) is 8.19. The second-order valence-corrected chi connectivity index (χ2v) is 5.65. The molecule has 2 aromatic rings. The normalized spacial score (nSPS) is 11.8. The molecule has 4 N–H and O–H groups in total. The minimum absolute atomic E-state index is 0.128. The molecule has 0 aliphatic rings. The standard InChI is InChI=1S/C16H18FN5O4/c1-2-12-14(22(25)26)13(21-20-12)16(24)19-8-10(15(18)23)7-9-3-5-11(17)6-4-9/h3-6,10H,2,7-8H2,1H3,(H2,18,23)(H,19,24)(H,20,21). The van der Waals surface area contributed by atoms with Gasteiger partial charge in [-0.25, -0.2) is 4.39 Å². The first-order chi connectivity index (χ1) is 12.3. The van der Waals surface area contributed by atoms with Crippen LogP contribution < -0.4 is 11.1 Å². The first kappa shape index (κ1) is 19.0. The van der Waals surface area contributed by atoms with Gasteiger partial charge in [0.05, 0.1) is 10.8 Å². The van der Waals surface area contributed by atoms with Crippen LogP contribution in [0.1, 0.15) is 28.7 Å². The molecule has 1 atom stereocenters. The number of rotatable bonds is 8. The molecule has 1 unspecified atom stereocenters. The van der Waals surface area contributed by atoms with Crippen LogP contribution in [-0.2, 0) is 17.6 Å². The Morgan fingerprint density at radius 2 is 2.04 bits per heavy atom. The van der Waals surface area contributed by atoms with Gasteiger partial charge in [-0.1, -0.05) is 19.1 Å². The molecule has 1 aromatic heterocycles. The molecule has 0 saturated heterocycles. The van der Waals surface area contributed by atoms with Crippen molar-refractivity contribution in [2.45, 2.75) is 19.8 Å². The third-order valence-corrected chi connectivity index (χ3v) is 3.87. The highest BCUT2D eigenvalue weighted by molar-refractivity contribution is 5.96. The number of aromatic nitrogens is 2. The number of nitrogens with one attached hydrogen (secondary N) is 2. The highest BCUT2D eigenvalue weighted by Crippen LogP contribution is 2.21. The zero-order valence-corrected chi connectivity index (χ0v) is 14.0. The van der Waals surface area contributed by atoms with Crippen LogP contribution in [0.15, 0.2) is 24.3 Å². The number of nitrogens with zero attached hydrogens (tertiary/aromatic N) is 2. The Balaban J connectivity index is 2.08. The van der Waals surface area contributed by atoms with Gasteiger partial charge in [0.25, 0.3) is 5.91 Å². The molecule has 0 aliphatic carbocycles. The largest absolute Gasteiger partial charge is 0.369 e. The monoisotopic (exact) mass is 363 g/mol. The molecule has 26 heavy (non-hydrogen) atoms. The van der Waals surface area contributed by atoms with Crippen LogP contribution in [0, 0.1) is 21.8 Å². The van der Waals surface area contributed by atoms with Crippen LogP contribution in [0.2, 0.25) is 0 Å². The molecule has 2 rings (SSSR count). The summed E-state index contributed by atoms with van der Waals surface area (Å²) in [4.78, 5) is 34.3. The molecule has 0 saturated carbocycles. The van der Waals surface area contributed by atoms with E-state index in [2.05, 4.69) is 15.5 Å². The molecule has 1 heterocycles. The molecule has 2 amide bonds. The Morgan fingerprint density at radius 1 is 1.38 bits per heavy atom. The lowest BCUT2D eigenvalue weighted by atomic mass is 9.98. The maximum absolute atomic E-state index is 12.9. The van der Waals surface area contributed by atoms with Crippen molar-refractivity contribution in [2.75, 3.05) is 6.54 Å². The third-order valence-electron chi connectivity index (χ3n) is 3.87. The number of hydrogen-bond acceptors (Lipinski definition) is 5. The van der Waals surface area contributed by atoms with E-state index in [0.29, 0.717) is 12.0 Å². The number of halogens is 1. The average Bonchev–Trinajstić information content (AvgIpc) is 3.04. The molecule has 0 fully saturated rings. The lowest BCUT2D eigenvalue weighted by molar-refractivity contribution is -0.385. The smallest absolute Gasteiger partial charge is 0.322 e. The Hall–Kier alpha value is -3.30. The average molecular weight is 363 g/mol. The fourth-order valence-electron chi connectivity index (χ4n) is 2.45. The molecular formula is C16H18FN5O4. The first-order valence-corrected chi connectivity index (χ1v) is 7.87. The van der Waals surface area contributed by atoms with Gasteiger partial charge in [-0.15, -0.1) is 0 Å². The third kappa shape index (κ3) is 4.41. The van der Waals surface area contributed by atoms with E-state index in [0.717, 1.165) is 0 Å². The summed E-state index contributed by atoms with van der Waals surface area (Å²) < 4.78 is 12.9. The van der Waals surface area contributed by atoms with Gasteiger partial charge in [-0.2, -0.15) is 5.10 Å². The van der Waals surface area contributed by atoms with Crippen molar-refractivity contribution in [2.24, 2.45) is 11.7 Å². The van der Waals surface area contributed by atoms with Crippen LogP contribution in [-0.4, -0.2) is 33.5 Å². The van der Waals surface area contributed by atoms with Crippen molar-refractivity contribution in [1.82, 2.24) is 15.5 Å². The molecule has 10 heteroatoms. The van der Waals surface area contributed by atoms with Gasteiger partial charge in [-0.3, -0.25) is 24.8 Å². The number of hydrogen-bond donors (Lipinski definition) is 3. The number of benzene rings is 1. The quantitative estimate of drug-likeness (QED) is 0.475. The van der Waals surface area contributed by atoms with E-state index in [9.17, 15) is 24.1 Å². The molecule has 0 bridgehead atoms. The number of nitro groups is 1. The summed E-state index contributed by atoms with van der Waals surface area (Å²) in [6, 6.07) is 5.54. The predicted molar refractivity (Wildman–Crippen MR) is 89.7 cm³/mol. The topological polar surface area (TPSA) is 144 Å². The maximum Gasteiger partial charge on any atom is 0.322 e. The molecule has 1 aromatic carbocycles. The molecule has 138 valence electrons. The highest BCUT2D eigenvalue weighted by Gasteiger charge is 2.29. The number of primary amides is 1. The van der Waals surface area contributed by atoms with Gasteiger partial charge in [-0.05, 0) is 30.5 Å². The first-order valence-electron chi connectivity index (χ1n) is 7.87.